The van der Waals surface area contributed by atoms with Crippen LogP contribution in [0.5, 0.6) is 0 Å². The molecule has 0 bridgehead atoms. The molecule has 7 nitrogen and oxygen atoms in total. The Hall–Kier alpha value is -2.54. The first-order valence-corrected chi connectivity index (χ1v) is 7.83. The first kappa shape index (κ1) is 14.1. The Morgan fingerprint density at radius 3 is 2.96 bits per heavy atom. The van der Waals surface area contributed by atoms with Crippen LogP contribution in [0, 0.1) is 0 Å². The summed E-state index contributed by atoms with van der Waals surface area (Å²) < 4.78 is 5.40. The molecule has 3 aromatic heterocycles. The van der Waals surface area contributed by atoms with E-state index in [1.807, 2.05) is 18.3 Å². The highest BCUT2D eigenvalue weighted by Gasteiger charge is 2.23. The number of aromatic nitrogens is 5. The van der Waals surface area contributed by atoms with Crippen LogP contribution in [0.1, 0.15) is 30.3 Å². The molecule has 0 spiro atoms. The maximum atomic E-state index is 5.40. The van der Waals surface area contributed by atoms with Crippen molar-refractivity contribution in [1.82, 2.24) is 30.2 Å². The molecule has 3 aromatic rings. The Bertz CT molecular complexity index is 739. The van der Waals surface area contributed by atoms with Crippen LogP contribution in [0.4, 0.5) is 0 Å². The van der Waals surface area contributed by atoms with Crippen molar-refractivity contribution in [2.45, 2.75) is 25.3 Å². The van der Waals surface area contributed by atoms with Crippen molar-refractivity contribution in [2.75, 3.05) is 13.1 Å². The molecule has 0 aromatic carbocycles. The molecular weight excluding hydrogens is 292 g/mol. The Kier molecular flexibility index (Phi) is 3.85. The molecule has 4 heterocycles. The zero-order valence-electron chi connectivity index (χ0n) is 12.7. The van der Waals surface area contributed by atoms with Crippen LogP contribution >= 0.6 is 0 Å². The average molecular weight is 310 g/mol. The zero-order chi connectivity index (χ0) is 15.5. The lowest BCUT2D eigenvalue weighted by atomic mass is 9.95. The molecular formula is C16H18N6O. The highest BCUT2D eigenvalue weighted by molar-refractivity contribution is 5.52. The van der Waals surface area contributed by atoms with E-state index in [4.69, 9.17) is 4.52 Å². The summed E-state index contributed by atoms with van der Waals surface area (Å²) in [7, 11) is 0. The van der Waals surface area contributed by atoms with Crippen molar-refractivity contribution in [3.05, 3.63) is 48.4 Å². The Balaban J connectivity index is 1.43. The van der Waals surface area contributed by atoms with Gasteiger partial charge in [-0.05, 0) is 37.6 Å². The van der Waals surface area contributed by atoms with E-state index in [2.05, 4.69) is 36.3 Å². The monoisotopic (exact) mass is 310 g/mol. The van der Waals surface area contributed by atoms with Gasteiger partial charge >= 0.3 is 0 Å². The van der Waals surface area contributed by atoms with Gasteiger partial charge in [0.25, 0.3) is 0 Å². The smallest absolute Gasteiger partial charge is 0.241 e. The SMILES string of the molecule is c1cc(-c2noc(CN3CCC[C@@H](c4ccn[nH]4)C3)n2)ccn1. The number of pyridine rings is 1. The number of H-pyrrole nitrogens is 1. The van der Waals surface area contributed by atoms with Gasteiger partial charge in [0.2, 0.25) is 11.7 Å². The molecule has 1 fully saturated rings. The third-order valence-corrected chi connectivity index (χ3v) is 4.23. The molecule has 1 N–H and O–H groups in total. The van der Waals surface area contributed by atoms with E-state index in [1.165, 1.54) is 12.1 Å². The van der Waals surface area contributed by atoms with Gasteiger partial charge in [-0.25, -0.2) is 0 Å². The van der Waals surface area contributed by atoms with Crippen molar-refractivity contribution in [2.24, 2.45) is 0 Å². The molecule has 0 radical (unpaired) electrons. The van der Waals surface area contributed by atoms with Gasteiger partial charge in [0.05, 0.1) is 6.54 Å². The lowest BCUT2D eigenvalue weighted by molar-refractivity contribution is 0.175. The first-order chi connectivity index (χ1) is 11.4. The lowest BCUT2D eigenvalue weighted by Crippen LogP contribution is -2.34. The third-order valence-electron chi connectivity index (χ3n) is 4.23. The van der Waals surface area contributed by atoms with Crippen LogP contribution in [0.15, 0.2) is 41.3 Å². The van der Waals surface area contributed by atoms with Gasteiger partial charge in [-0.1, -0.05) is 5.16 Å². The fourth-order valence-corrected chi connectivity index (χ4v) is 3.08. The molecule has 23 heavy (non-hydrogen) atoms. The summed E-state index contributed by atoms with van der Waals surface area (Å²) in [6.45, 7) is 2.72. The number of likely N-dealkylation sites (tertiary alicyclic amines) is 1. The van der Waals surface area contributed by atoms with Gasteiger partial charge in [0, 0.05) is 42.3 Å². The van der Waals surface area contributed by atoms with Crippen molar-refractivity contribution < 1.29 is 4.52 Å². The maximum Gasteiger partial charge on any atom is 0.241 e. The number of nitrogens with zero attached hydrogens (tertiary/aromatic N) is 5. The topological polar surface area (TPSA) is 83.7 Å². The highest BCUT2D eigenvalue weighted by Crippen LogP contribution is 2.26. The molecule has 0 saturated carbocycles. The molecule has 1 aliphatic heterocycles. The summed E-state index contributed by atoms with van der Waals surface area (Å²) >= 11 is 0. The quantitative estimate of drug-likeness (QED) is 0.795. The molecule has 1 saturated heterocycles. The van der Waals surface area contributed by atoms with Crippen LogP contribution in [0.25, 0.3) is 11.4 Å². The first-order valence-electron chi connectivity index (χ1n) is 7.83. The van der Waals surface area contributed by atoms with Gasteiger partial charge < -0.3 is 4.52 Å². The van der Waals surface area contributed by atoms with Crippen molar-refractivity contribution in [1.29, 1.82) is 0 Å². The van der Waals surface area contributed by atoms with Crippen molar-refractivity contribution in [3.8, 4) is 11.4 Å². The van der Waals surface area contributed by atoms with Gasteiger partial charge in [-0.15, -0.1) is 0 Å². The van der Waals surface area contributed by atoms with Crippen molar-refractivity contribution >= 4 is 0 Å². The number of aromatic amines is 1. The Labute approximate surface area is 133 Å². The molecule has 0 aliphatic carbocycles. The van der Waals surface area contributed by atoms with Crippen LogP contribution < -0.4 is 0 Å². The number of nitrogens with one attached hydrogen (secondary N) is 1. The van der Waals surface area contributed by atoms with E-state index >= 15 is 0 Å². The maximum absolute atomic E-state index is 5.40. The number of hydrogen-bond acceptors (Lipinski definition) is 6. The second-order valence-electron chi connectivity index (χ2n) is 5.83. The van der Waals surface area contributed by atoms with Gasteiger partial charge in [-0.2, -0.15) is 10.1 Å². The molecule has 4 rings (SSSR count). The third kappa shape index (κ3) is 3.14. The minimum absolute atomic E-state index is 0.494. The Morgan fingerprint density at radius 2 is 2.13 bits per heavy atom. The number of hydrogen-bond donors (Lipinski definition) is 1. The van der Waals surface area contributed by atoms with Crippen molar-refractivity contribution in [3.63, 3.8) is 0 Å². The minimum atomic E-state index is 0.494. The molecule has 0 unspecified atom stereocenters. The predicted octanol–water partition coefficient (Wildman–Crippen LogP) is 2.23. The molecule has 7 heteroatoms. The van der Waals surface area contributed by atoms with E-state index in [1.54, 1.807) is 12.4 Å². The van der Waals surface area contributed by atoms with Crippen LogP contribution in [-0.4, -0.2) is 43.3 Å². The second-order valence-corrected chi connectivity index (χ2v) is 5.83. The van der Waals surface area contributed by atoms with Gasteiger partial charge in [-0.3, -0.25) is 15.0 Å². The number of rotatable bonds is 4. The predicted molar refractivity (Wildman–Crippen MR) is 83.4 cm³/mol. The highest BCUT2D eigenvalue weighted by atomic mass is 16.5. The fourth-order valence-electron chi connectivity index (χ4n) is 3.08. The van der Waals surface area contributed by atoms with E-state index < -0.39 is 0 Å². The van der Waals surface area contributed by atoms with Crippen LogP contribution in [-0.2, 0) is 6.54 Å². The molecule has 0 amide bonds. The summed E-state index contributed by atoms with van der Waals surface area (Å²) in [6.07, 6.45) is 7.61. The van der Waals surface area contributed by atoms with E-state index in [0.717, 1.165) is 25.1 Å². The largest absolute Gasteiger partial charge is 0.338 e. The molecule has 1 aliphatic rings. The normalized spacial score (nSPS) is 19.0. The summed E-state index contributed by atoms with van der Waals surface area (Å²) in [5.41, 5.74) is 2.13. The average Bonchev–Trinajstić information content (AvgIpc) is 3.28. The standard InChI is InChI=1S/C16H18N6O/c1-2-13(14-5-8-18-20-14)10-22(9-1)11-15-19-16(21-23-15)12-3-6-17-7-4-12/h3-8,13H,1-2,9-11H2,(H,18,20)/t13-/m1/s1. The van der Waals surface area contributed by atoms with E-state index in [-0.39, 0.29) is 0 Å². The summed E-state index contributed by atoms with van der Waals surface area (Å²) in [5.74, 6) is 1.76. The molecule has 1 atom stereocenters. The second kappa shape index (κ2) is 6.29. The summed E-state index contributed by atoms with van der Waals surface area (Å²) in [4.78, 5) is 10.9. The lowest BCUT2D eigenvalue weighted by Gasteiger charge is -2.30. The summed E-state index contributed by atoms with van der Waals surface area (Å²) in [6, 6.07) is 5.82. The van der Waals surface area contributed by atoms with E-state index in [9.17, 15) is 0 Å². The summed E-state index contributed by atoms with van der Waals surface area (Å²) in [5, 5.41) is 11.2. The van der Waals surface area contributed by atoms with Crippen LogP contribution in [0.3, 0.4) is 0 Å². The van der Waals surface area contributed by atoms with E-state index in [0.29, 0.717) is 24.2 Å². The fraction of sp³-hybridized carbons (Fsp3) is 0.375. The Morgan fingerprint density at radius 1 is 1.22 bits per heavy atom. The number of piperidine rings is 1. The zero-order valence-corrected chi connectivity index (χ0v) is 12.7. The van der Waals surface area contributed by atoms with Gasteiger partial charge in [0.1, 0.15) is 0 Å². The van der Waals surface area contributed by atoms with Crippen LogP contribution in [0.2, 0.25) is 0 Å². The van der Waals surface area contributed by atoms with Gasteiger partial charge in [0.15, 0.2) is 0 Å². The molecule has 118 valence electrons. The minimum Gasteiger partial charge on any atom is -0.338 e.